The zero-order valence-corrected chi connectivity index (χ0v) is 14.7. The summed E-state index contributed by atoms with van der Waals surface area (Å²) in [7, 11) is 0. The Kier molecular flexibility index (Phi) is 6.04. The molecule has 0 aromatic carbocycles. The molecule has 0 bridgehead atoms. The molecule has 1 N–H and O–H groups in total. The monoisotopic (exact) mass is 370 g/mol. The molecular weight excluding hydrogens is 345 g/mol. The van der Waals surface area contributed by atoms with Crippen molar-refractivity contribution >= 4 is 5.91 Å². The fourth-order valence-corrected chi connectivity index (χ4v) is 3.88. The van der Waals surface area contributed by atoms with Crippen LogP contribution in [0.2, 0.25) is 0 Å². The number of halogens is 3. The van der Waals surface area contributed by atoms with E-state index in [2.05, 4.69) is 10.3 Å². The summed E-state index contributed by atoms with van der Waals surface area (Å²) in [6.07, 6.45) is 2.83. The Hall–Kier alpha value is -1.79. The predicted octanol–water partition coefficient (Wildman–Crippen LogP) is 4.39. The minimum absolute atomic E-state index is 0.117. The maximum Gasteiger partial charge on any atom is 0.391 e. The molecule has 1 amide bonds. The first kappa shape index (κ1) is 19.0. The number of pyridine rings is 1. The van der Waals surface area contributed by atoms with Gasteiger partial charge in [-0.3, -0.25) is 4.79 Å². The van der Waals surface area contributed by atoms with Gasteiger partial charge in [-0.05, 0) is 51.0 Å². The van der Waals surface area contributed by atoms with Crippen molar-refractivity contribution in [1.82, 2.24) is 10.3 Å². The van der Waals surface area contributed by atoms with Gasteiger partial charge in [0.05, 0.1) is 5.92 Å². The molecule has 0 unspecified atom stereocenters. The molecule has 26 heavy (non-hydrogen) atoms. The zero-order valence-electron chi connectivity index (χ0n) is 14.7. The van der Waals surface area contributed by atoms with Crippen molar-refractivity contribution in [2.45, 2.75) is 70.2 Å². The van der Waals surface area contributed by atoms with Crippen molar-refractivity contribution in [3.63, 3.8) is 0 Å². The van der Waals surface area contributed by atoms with E-state index >= 15 is 0 Å². The lowest BCUT2D eigenvalue weighted by Gasteiger charge is -2.29. The van der Waals surface area contributed by atoms with Gasteiger partial charge in [0.2, 0.25) is 11.8 Å². The highest BCUT2D eigenvalue weighted by atomic mass is 19.4. The number of amides is 1. The predicted molar refractivity (Wildman–Crippen MR) is 90.5 cm³/mol. The minimum atomic E-state index is -4.22. The Bertz CT molecular complexity index is 615. The van der Waals surface area contributed by atoms with Crippen LogP contribution >= 0.6 is 0 Å². The lowest BCUT2D eigenvalue weighted by atomic mass is 9.80. The molecule has 2 aliphatic carbocycles. The van der Waals surface area contributed by atoms with E-state index in [4.69, 9.17) is 4.74 Å². The van der Waals surface area contributed by atoms with Crippen LogP contribution in [-0.4, -0.2) is 23.2 Å². The number of hydrogen-bond donors (Lipinski definition) is 1. The first-order valence-electron chi connectivity index (χ1n) is 9.38. The molecule has 2 atom stereocenters. The average molecular weight is 370 g/mol. The zero-order chi connectivity index (χ0) is 18.6. The van der Waals surface area contributed by atoms with Crippen molar-refractivity contribution < 1.29 is 22.7 Å². The Morgan fingerprint density at radius 2 is 1.96 bits per heavy atom. The topological polar surface area (TPSA) is 51.2 Å². The van der Waals surface area contributed by atoms with Crippen LogP contribution in [0.15, 0.2) is 18.3 Å². The molecule has 7 heteroatoms. The van der Waals surface area contributed by atoms with E-state index in [1.807, 2.05) is 6.07 Å². The summed E-state index contributed by atoms with van der Waals surface area (Å²) in [6.45, 7) is 0.224. The molecule has 2 fully saturated rings. The summed E-state index contributed by atoms with van der Waals surface area (Å²) >= 11 is 0. The van der Waals surface area contributed by atoms with E-state index in [1.165, 1.54) is 0 Å². The van der Waals surface area contributed by atoms with Gasteiger partial charge in [-0.25, -0.2) is 4.98 Å². The average Bonchev–Trinajstić information content (AvgIpc) is 3.13. The van der Waals surface area contributed by atoms with Gasteiger partial charge in [-0.2, -0.15) is 13.2 Å². The quantitative estimate of drug-likeness (QED) is 0.836. The van der Waals surface area contributed by atoms with Crippen molar-refractivity contribution in [2.24, 2.45) is 11.8 Å². The number of carbonyl (C=O) groups excluding carboxylic acids is 1. The Morgan fingerprint density at radius 3 is 2.69 bits per heavy atom. The molecule has 1 heterocycles. The van der Waals surface area contributed by atoms with Crippen LogP contribution in [0.25, 0.3) is 0 Å². The molecular formula is C19H25F3N2O2. The highest BCUT2D eigenvalue weighted by Crippen LogP contribution is 2.40. The van der Waals surface area contributed by atoms with Crippen molar-refractivity contribution in [1.29, 1.82) is 0 Å². The third-order valence-electron chi connectivity index (χ3n) is 5.39. The summed E-state index contributed by atoms with van der Waals surface area (Å²) < 4.78 is 44.7. The number of alkyl halides is 3. The highest BCUT2D eigenvalue weighted by molar-refractivity contribution is 5.78. The number of aromatic nitrogens is 1. The van der Waals surface area contributed by atoms with Crippen LogP contribution in [-0.2, 0) is 11.3 Å². The Balaban J connectivity index is 1.56. The molecule has 144 valence electrons. The normalized spacial score (nSPS) is 24.4. The first-order chi connectivity index (χ1) is 12.4. The second kappa shape index (κ2) is 8.27. The van der Waals surface area contributed by atoms with Crippen LogP contribution in [0.3, 0.4) is 0 Å². The Labute approximate surface area is 151 Å². The molecule has 0 spiro atoms. The van der Waals surface area contributed by atoms with Crippen LogP contribution in [0.1, 0.15) is 56.9 Å². The number of nitrogens with zero attached hydrogens (tertiary/aromatic N) is 1. The number of nitrogens with one attached hydrogen (secondary N) is 1. The first-order valence-corrected chi connectivity index (χ1v) is 9.38. The molecule has 3 rings (SSSR count). The third kappa shape index (κ3) is 4.89. The van der Waals surface area contributed by atoms with Crippen LogP contribution in [0.4, 0.5) is 13.2 Å². The van der Waals surface area contributed by atoms with E-state index < -0.39 is 18.0 Å². The van der Waals surface area contributed by atoms with Gasteiger partial charge in [0.1, 0.15) is 6.10 Å². The van der Waals surface area contributed by atoms with Gasteiger partial charge in [-0.15, -0.1) is 0 Å². The highest BCUT2D eigenvalue weighted by Gasteiger charge is 2.43. The van der Waals surface area contributed by atoms with Gasteiger partial charge >= 0.3 is 6.18 Å². The lowest BCUT2D eigenvalue weighted by Crippen LogP contribution is -2.37. The smallest absolute Gasteiger partial charge is 0.391 e. The van der Waals surface area contributed by atoms with Crippen LogP contribution in [0.5, 0.6) is 5.88 Å². The number of ether oxygens (including phenoxy) is 1. The maximum atomic E-state index is 12.9. The van der Waals surface area contributed by atoms with Crippen molar-refractivity contribution in [3.05, 3.63) is 23.9 Å². The number of hydrogen-bond acceptors (Lipinski definition) is 3. The molecule has 0 radical (unpaired) electrons. The summed E-state index contributed by atoms with van der Waals surface area (Å²) in [4.78, 5) is 16.6. The van der Waals surface area contributed by atoms with E-state index in [1.54, 1.807) is 12.3 Å². The fourth-order valence-electron chi connectivity index (χ4n) is 3.88. The van der Waals surface area contributed by atoms with Gasteiger partial charge in [-0.1, -0.05) is 12.5 Å². The summed E-state index contributed by atoms with van der Waals surface area (Å²) in [5.41, 5.74) is 0.760. The Morgan fingerprint density at radius 1 is 1.19 bits per heavy atom. The van der Waals surface area contributed by atoms with Crippen molar-refractivity contribution in [3.8, 4) is 5.88 Å². The number of rotatable bonds is 5. The second-order valence-electron chi connectivity index (χ2n) is 7.31. The molecule has 0 saturated heterocycles. The van der Waals surface area contributed by atoms with Gasteiger partial charge in [0, 0.05) is 24.2 Å². The molecule has 1 aromatic heterocycles. The van der Waals surface area contributed by atoms with E-state index in [0.29, 0.717) is 18.7 Å². The second-order valence-corrected chi connectivity index (χ2v) is 7.31. The van der Waals surface area contributed by atoms with Crippen LogP contribution in [0, 0.1) is 11.8 Å². The SMILES string of the molecule is O=C(NCc1cccnc1OC1CCCC1)[C@@H]1CCC[C@@H](C(F)(F)F)C1. The lowest BCUT2D eigenvalue weighted by molar-refractivity contribution is -0.186. The van der Waals surface area contributed by atoms with Gasteiger partial charge in [0.15, 0.2) is 0 Å². The standard InChI is InChI=1S/C19H25F3N2O2/c20-19(21,22)15-7-3-5-13(11-15)17(25)24-12-14-6-4-10-23-18(14)26-16-8-1-2-9-16/h4,6,10,13,15-16H,1-3,5,7-9,11-12H2,(H,24,25)/t13-,15-/m1/s1. The third-order valence-corrected chi connectivity index (χ3v) is 5.39. The molecule has 0 aliphatic heterocycles. The summed E-state index contributed by atoms with van der Waals surface area (Å²) in [5, 5.41) is 2.78. The van der Waals surface area contributed by atoms with Gasteiger partial charge < -0.3 is 10.1 Å². The molecule has 2 aliphatic rings. The largest absolute Gasteiger partial charge is 0.474 e. The number of carbonyl (C=O) groups is 1. The van der Waals surface area contributed by atoms with Gasteiger partial charge in [0.25, 0.3) is 0 Å². The molecule has 2 saturated carbocycles. The summed E-state index contributed by atoms with van der Waals surface area (Å²) in [5.74, 6) is -1.75. The fraction of sp³-hybridized carbons (Fsp3) is 0.684. The van der Waals surface area contributed by atoms with Crippen LogP contribution < -0.4 is 10.1 Å². The molecule has 1 aromatic rings. The molecule has 4 nitrogen and oxygen atoms in total. The van der Waals surface area contributed by atoms with E-state index in [9.17, 15) is 18.0 Å². The van der Waals surface area contributed by atoms with Crippen molar-refractivity contribution in [2.75, 3.05) is 0 Å². The van der Waals surface area contributed by atoms with E-state index in [0.717, 1.165) is 31.2 Å². The minimum Gasteiger partial charge on any atom is -0.474 e. The summed E-state index contributed by atoms with van der Waals surface area (Å²) in [6, 6.07) is 3.60. The maximum absolute atomic E-state index is 12.9. The van der Waals surface area contributed by atoms with E-state index in [-0.39, 0.29) is 31.4 Å².